The first-order valence-electron chi connectivity index (χ1n) is 8.19. The number of hydrogen-bond acceptors (Lipinski definition) is 4. The van der Waals surface area contributed by atoms with Crippen molar-refractivity contribution in [2.75, 3.05) is 12.4 Å². The number of benzene rings is 1. The average molecular weight is 352 g/mol. The molecule has 0 radical (unpaired) electrons. The largest absolute Gasteiger partial charge is 0.497 e. The third-order valence-electron chi connectivity index (χ3n) is 4.59. The number of carbonyl (C=O) groups excluding carboxylic acids is 1. The Bertz CT molecular complexity index is 985. The van der Waals surface area contributed by atoms with Gasteiger partial charge in [-0.1, -0.05) is 0 Å². The van der Waals surface area contributed by atoms with Gasteiger partial charge in [0.1, 0.15) is 17.4 Å². The lowest BCUT2D eigenvalue weighted by molar-refractivity contribution is -0.116. The van der Waals surface area contributed by atoms with Crippen LogP contribution in [0, 0.1) is 5.82 Å². The summed E-state index contributed by atoms with van der Waals surface area (Å²) in [7, 11) is 3.28. The number of nitrogens with one attached hydrogen (secondary N) is 1. The Kier molecular flexibility index (Phi) is 3.91. The second-order valence-corrected chi connectivity index (χ2v) is 6.17. The summed E-state index contributed by atoms with van der Waals surface area (Å²) in [5.74, 6) is 0.105. The molecular formula is C19H17FN4O2. The minimum absolute atomic E-state index is 0.135. The molecule has 1 atom stereocenters. The average Bonchev–Trinajstić information content (AvgIpc) is 2.99. The van der Waals surface area contributed by atoms with Gasteiger partial charge < -0.3 is 10.1 Å². The molecule has 1 aliphatic heterocycles. The number of amides is 1. The second-order valence-electron chi connectivity index (χ2n) is 6.17. The predicted molar refractivity (Wildman–Crippen MR) is 94.5 cm³/mol. The number of rotatable bonds is 3. The van der Waals surface area contributed by atoms with E-state index >= 15 is 0 Å². The maximum Gasteiger partial charge on any atom is 0.226 e. The van der Waals surface area contributed by atoms with E-state index in [9.17, 15) is 9.18 Å². The lowest BCUT2D eigenvalue weighted by Crippen LogP contribution is -2.25. The van der Waals surface area contributed by atoms with Crippen LogP contribution < -0.4 is 10.1 Å². The maximum absolute atomic E-state index is 14.6. The molecule has 0 aliphatic carbocycles. The van der Waals surface area contributed by atoms with Crippen molar-refractivity contribution in [2.24, 2.45) is 7.05 Å². The molecule has 3 aromatic rings. The Morgan fingerprint density at radius 1 is 1.35 bits per heavy atom. The van der Waals surface area contributed by atoms with E-state index in [1.165, 1.54) is 13.2 Å². The van der Waals surface area contributed by atoms with Crippen LogP contribution in [0.5, 0.6) is 5.75 Å². The van der Waals surface area contributed by atoms with E-state index in [2.05, 4.69) is 15.4 Å². The number of halogens is 1. The van der Waals surface area contributed by atoms with Crippen molar-refractivity contribution in [1.82, 2.24) is 14.8 Å². The molecule has 2 aromatic heterocycles. The summed E-state index contributed by atoms with van der Waals surface area (Å²) in [6.45, 7) is 0. The third-order valence-corrected chi connectivity index (χ3v) is 4.59. The van der Waals surface area contributed by atoms with Gasteiger partial charge in [-0.15, -0.1) is 0 Å². The van der Waals surface area contributed by atoms with Crippen LogP contribution in [0.2, 0.25) is 0 Å². The van der Waals surface area contributed by atoms with Gasteiger partial charge in [-0.2, -0.15) is 5.10 Å². The number of nitrogens with zero attached hydrogens (tertiary/aromatic N) is 3. The smallest absolute Gasteiger partial charge is 0.226 e. The van der Waals surface area contributed by atoms with Crippen LogP contribution in [0.25, 0.3) is 11.3 Å². The van der Waals surface area contributed by atoms with Gasteiger partial charge in [0.25, 0.3) is 0 Å². The van der Waals surface area contributed by atoms with Gasteiger partial charge in [0, 0.05) is 42.9 Å². The van der Waals surface area contributed by atoms with Crippen LogP contribution in [-0.4, -0.2) is 27.8 Å². The van der Waals surface area contributed by atoms with Crippen molar-refractivity contribution in [3.63, 3.8) is 0 Å². The van der Waals surface area contributed by atoms with E-state index in [0.29, 0.717) is 22.8 Å². The highest BCUT2D eigenvalue weighted by Crippen LogP contribution is 2.43. The van der Waals surface area contributed by atoms with E-state index in [-0.39, 0.29) is 18.1 Å². The molecule has 132 valence electrons. The molecule has 0 fully saturated rings. The Morgan fingerprint density at radius 2 is 2.19 bits per heavy atom. The lowest BCUT2D eigenvalue weighted by atomic mass is 9.84. The molecule has 1 unspecified atom stereocenters. The zero-order valence-corrected chi connectivity index (χ0v) is 14.4. The summed E-state index contributed by atoms with van der Waals surface area (Å²) in [5, 5.41) is 7.41. The molecule has 1 aliphatic rings. The first-order chi connectivity index (χ1) is 12.6. The summed E-state index contributed by atoms with van der Waals surface area (Å²) in [6.07, 6.45) is 3.52. The normalized spacial score (nSPS) is 16.1. The van der Waals surface area contributed by atoms with Crippen LogP contribution in [0.15, 0.2) is 42.7 Å². The molecule has 1 amide bonds. The molecule has 0 saturated carbocycles. The van der Waals surface area contributed by atoms with Crippen molar-refractivity contribution in [3.8, 4) is 17.0 Å². The van der Waals surface area contributed by atoms with Crippen molar-refractivity contribution in [3.05, 3.63) is 59.7 Å². The fraction of sp³-hybridized carbons (Fsp3) is 0.211. The number of anilines is 1. The van der Waals surface area contributed by atoms with Crippen LogP contribution in [-0.2, 0) is 11.8 Å². The molecule has 0 spiro atoms. The van der Waals surface area contributed by atoms with Crippen molar-refractivity contribution < 1.29 is 13.9 Å². The van der Waals surface area contributed by atoms with Crippen LogP contribution >= 0.6 is 0 Å². The van der Waals surface area contributed by atoms with Gasteiger partial charge in [-0.25, -0.2) is 4.39 Å². The zero-order chi connectivity index (χ0) is 18.3. The number of methoxy groups -OCH3 is 1. The molecule has 4 rings (SSSR count). The quantitative estimate of drug-likeness (QED) is 0.786. The lowest BCUT2D eigenvalue weighted by Gasteiger charge is -2.25. The van der Waals surface area contributed by atoms with Gasteiger partial charge in [0.15, 0.2) is 0 Å². The number of ether oxygens (including phenoxy) is 1. The highest BCUT2D eigenvalue weighted by Gasteiger charge is 2.34. The Morgan fingerprint density at radius 3 is 2.92 bits per heavy atom. The third kappa shape index (κ3) is 2.61. The molecule has 3 heterocycles. The summed E-state index contributed by atoms with van der Waals surface area (Å²) >= 11 is 0. The molecule has 0 bridgehead atoms. The Labute approximate surface area is 149 Å². The Balaban J connectivity index is 1.94. The first-order valence-corrected chi connectivity index (χ1v) is 8.19. The molecule has 7 heteroatoms. The fourth-order valence-electron chi connectivity index (χ4n) is 3.39. The maximum atomic E-state index is 14.6. The Hall–Kier alpha value is -3.22. The number of fused-ring (bicyclic) bond motifs is 1. The molecule has 0 saturated heterocycles. The van der Waals surface area contributed by atoms with E-state index in [4.69, 9.17) is 4.74 Å². The summed E-state index contributed by atoms with van der Waals surface area (Å²) in [5.41, 5.74) is 2.70. The number of hydrogen-bond donors (Lipinski definition) is 1. The highest BCUT2D eigenvalue weighted by atomic mass is 19.1. The number of aryl methyl sites for hydroxylation is 1. The van der Waals surface area contributed by atoms with E-state index < -0.39 is 5.92 Å². The van der Waals surface area contributed by atoms with Gasteiger partial charge in [-0.05, 0) is 35.9 Å². The van der Waals surface area contributed by atoms with E-state index in [1.807, 2.05) is 12.1 Å². The fourth-order valence-corrected chi connectivity index (χ4v) is 3.39. The van der Waals surface area contributed by atoms with Crippen LogP contribution in [0.3, 0.4) is 0 Å². The van der Waals surface area contributed by atoms with E-state index in [1.54, 1.807) is 36.3 Å². The van der Waals surface area contributed by atoms with Gasteiger partial charge >= 0.3 is 0 Å². The standard InChI is InChI=1S/C19H17FN4O2/c1-24-19-17(18(23-24)11-4-3-7-21-10-11)14(9-16(25)22-19)13-8-12(26-2)5-6-15(13)20/h3-8,10,14H,9H2,1-2H3,(H,22,25). The minimum atomic E-state index is -0.460. The predicted octanol–water partition coefficient (Wildman–Crippen LogP) is 3.10. The minimum Gasteiger partial charge on any atom is -0.497 e. The summed E-state index contributed by atoms with van der Waals surface area (Å²) < 4.78 is 21.5. The van der Waals surface area contributed by atoms with Crippen LogP contribution in [0.1, 0.15) is 23.5 Å². The number of aromatic nitrogens is 3. The molecular weight excluding hydrogens is 335 g/mol. The number of carbonyl (C=O) groups is 1. The van der Waals surface area contributed by atoms with E-state index in [0.717, 1.165) is 11.1 Å². The summed E-state index contributed by atoms with van der Waals surface area (Å²) in [4.78, 5) is 16.4. The van der Waals surface area contributed by atoms with Gasteiger partial charge in [0.2, 0.25) is 5.91 Å². The van der Waals surface area contributed by atoms with Crippen molar-refractivity contribution in [1.29, 1.82) is 0 Å². The SMILES string of the molecule is COc1ccc(F)c(C2CC(=O)Nc3c2c(-c2cccnc2)nn3C)c1. The zero-order valence-electron chi connectivity index (χ0n) is 14.4. The number of pyridine rings is 1. The topological polar surface area (TPSA) is 69.0 Å². The summed E-state index contributed by atoms with van der Waals surface area (Å²) in [6, 6.07) is 8.28. The highest BCUT2D eigenvalue weighted by molar-refractivity contribution is 5.96. The molecule has 26 heavy (non-hydrogen) atoms. The van der Waals surface area contributed by atoms with Crippen LogP contribution in [0.4, 0.5) is 10.2 Å². The first kappa shape index (κ1) is 16.3. The molecule has 1 N–H and O–H groups in total. The monoisotopic (exact) mass is 352 g/mol. The van der Waals surface area contributed by atoms with Gasteiger partial charge in [0.05, 0.1) is 12.8 Å². The molecule has 1 aromatic carbocycles. The molecule has 6 nitrogen and oxygen atoms in total. The van der Waals surface area contributed by atoms with Gasteiger partial charge in [-0.3, -0.25) is 14.5 Å². The second kappa shape index (κ2) is 6.25. The van der Waals surface area contributed by atoms with Crippen molar-refractivity contribution >= 4 is 11.7 Å². The van der Waals surface area contributed by atoms with Crippen molar-refractivity contribution in [2.45, 2.75) is 12.3 Å².